The van der Waals surface area contributed by atoms with Crippen LogP contribution in [0, 0.1) is 12.8 Å². The molecule has 0 unspecified atom stereocenters. The van der Waals surface area contributed by atoms with Gasteiger partial charge in [-0.2, -0.15) is 0 Å². The number of amides is 1. The fourth-order valence-corrected chi connectivity index (χ4v) is 4.23. The lowest BCUT2D eigenvalue weighted by molar-refractivity contribution is 0.102. The van der Waals surface area contributed by atoms with Crippen LogP contribution >= 0.6 is 0 Å². The zero-order chi connectivity index (χ0) is 20.1. The predicted molar refractivity (Wildman–Crippen MR) is 112 cm³/mol. The van der Waals surface area contributed by atoms with E-state index in [1.54, 1.807) is 13.0 Å². The highest BCUT2D eigenvalue weighted by Crippen LogP contribution is 2.25. The lowest BCUT2D eigenvalue weighted by atomic mass is 10.1. The number of hydrogen-bond donors (Lipinski definition) is 3. The molecule has 3 rings (SSSR count). The van der Waals surface area contributed by atoms with Crippen LogP contribution in [0.25, 0.3) is 0 Å². The lowest BCUT2D eigenvalue weighted by Crippen LogP contribution is -2.20. The first-order valence-corrected chi connectivity index (χ1v) is 11.1. The van der Waals surface area contributed by atoms with Crippen molar-refractivity contribution in [3.05, 3.63) is 53.6 Å². The molecule has 1 amide bonds. The first kappa shape index (κ1) is 20.4. The van der Waals surface area contributed by atoms with Crippen LogP contribution in [-0.2, 0) is 10.0 Å². The van der Waals surface area contributed by atoms with Gasteiger partial charge in [0.2, 0.25) is 10.0 Å². The van der Waals surface area contributed by atoms with Crippen LogP contribution in [0.4, 0.5) is 11.4 Å². The second-order valence-electron chi connectivity index (χ2n) is 7.25. The van der Waals surface area contributed by atoms with Crippen LogP contribution in [0.5, 0.6) is 0 Å². The molecule has 28 heavy (non-hydrogen) atoms. The summed E-state index contributed by atoms with van der Waals surface area (Å²) < 4.78 is 26.2. The summed E-state index contributed by atoms with van der Waals surface area (Å²) in [5.41, 5.74) is 2.74. The smallest absolute Gasteiger partial charge is 0.255 e. The average Bonchev–Trinajstić information content (AvgIpc) is 3.21. The van der Waals surface area contributed by atoms with E-state index < -0.39 is 10.0 Å². The van der Waals surface area contributed by atoms with Gasteiger partial charge in [-0.3, -0.25) is 4.79 Å². The van der Waals surface area contributed by atoms with Gasteiger partial charge < -0.3 is 10.6 Å². The van der Waals surface area contributed by atoms with E-state index in [1.807, 2.05) is 24.3 Å². The maximum atomic E-state index is 12.6. The zero-order valence-corrected chi connectivity index (χ0v) is 17.1. The molecule has 2 aromatic rings. The molecule has 0 aliphatic heterocycles. The van der Waals surface area contributed by atoms with Gasteiger partial charge in [-0.25, -0.2) is 13.1 Å². The maximum absolute atomic E-state index is 12.6. The van der Waals surface area contributed by atoms with E-state index in [1.165, 1.54) is 44.9 Å². The minimum atomic E-state index is -3.60. The van der Waals surface area contributed by atoms with Crippen molar-refractivity contribution in [3.8, 4) is 0 Å². The highest BCUT2D eigenvalue weighted by Gasteiger charge is 2.17. The molecule has 1 aliphatic carbocycles. The summed E-state index contributed by atoms with van der Waals surface area (Å²) in [6, 6.07) is 12.1. The Hall–Kier alpha value is -2.38. The normalized spacial score (nSPS) is 14.8. The Morgan fingerprint density at radius 2 is 1.68 bits per heavy atom. The monoisotopic (exact) mass is 401 g/mol. The predicted octanol–water partition coefficient (Wildman–Crippen LogP) is 3.76. The Labute approximate surface area is 166 Å². The van der Waals surface area contributed by atoms with Gasteiger partial charge in [-0.05, 0) is 74.7 Å². The van der Waals surface area contributed by atoms with Gasteiger partial charge >= 0.3 is 0 Å². The van der Waals surface area contributed by atoms with E-state index in [4.69, 9.17) is 0 Å². The average molecular weight is 402 g/mol. The summed E-state index contributed by atoms with van der Waals surface area (Å²) in [5.74, 6) is 0.417. The van der Waals surface area contributed by atoms with Gasteiger partial charge in [0, 0.05) is 23.5 Å². The third kappa shape index (κ3) is 4.91. The van der Waals surface area contributed by atoms with Crippen molar-refractivity contribution >= 4 is 27.3 Å². The molecule has 0 radical (unpaired) electrons. The number of aryl methyl sites for hydroxylation is 1. The van der Waals surface area contributed by atoms with Crippen LogP contribution < -0.4 is 15.4 Å². The van der Waals surface area contributed by atoms with E-state index in [2.05, 4.69) is 15.4 Å². The summed E-state index contributed by atoms with van der Waals surface area (Å²) in [5, 5.41) is 6.29. The van der Waals surface area contributed by atoms with Gasteiger partial charge in [0.05, 0.1) is 4.90 Å². The van der Waals surface area contributed by atoms with Crippen molar-refractivity contribution in [2.24, 2.45) is 5.92 Å². The minimum Gasteiger partial charge on any atom is -0.385 e. The standard InChI is InChI=1S/C21H27N3O3S/c1-15-7-12-19(28(26,27)22-2)13-20(15)21(25)24-18-10-8-17(9-11-18)23-14-16-5-3-4-6-16/h7-13,16,22-23H,3-6,14H2,1-2H3,(H,24,25). The number of sulfonamides is 1. The lowest BCUT2D eigenvalue weighted by Gasteiger charge is -2.13. The van der Waals surface area contributed by atoms with Gasteiger partial charge in [0.25, 0.3) is 5.91 Å². The number of benzene rings is 2. The molecule has 7 heteroatoms. The highest BCUT2D eigenvalue weighted by molar-refractivity contribution is 7.89. The van der Waals surface area contributed by atoms with E-state index in [9.17, 15) is 13.2 Å². The molecular weight excluding hydrogens is 374 g/mol. The fourth-order valence-electron chi connectivity index (χ4n) is 3.48. The Kier molecular flexibility index (Phi) is 6.36. The summed E-state index contributed by atoms with van der Waals surface area (Å²) in [7, 11) is -2.26. The summed E-state index contributed by atoms with van der Waals surface area (Å²) in [6.45, 7) is 2.76. The van der Waals surface area contributed by atoms with Crippen LogP contribution in [-0.4, -0.2) is 27.9 Å². The summed E-state index contributed by atoms with van der Waals surface area (Å²) in [6.07, 6.45) is 5.24. The fraction of sp³-hybridized carbons (Fsp3) is 0.381. The van der Waals surface area contributed by atoms with Crippen LogP contribution in [0.2, 0.25) is 0 Å². The third-order valence-electron chi connectivity index (χ3n) is 5.25. The van der Waals surface area contributed by atoms with Crippen molar-refractivity contribution < 1.29 is 13.2 Å². The maximum Gasteiger partial charge on any atom is 0.255 e. The van der Waals surface area contributed by atoms with E-state index in [0.717, 1.165) is 18.2 Å². The summed E-state index contributed by atoms with van der Waals surface area (Å²) in [4.78, 5) is 12.7. The molecule has 0 atom stereocenters. The number of nitrogens with one attached hydrogen (secondary N) is 3. The van der Waals surface area contributed by atoms with Gasteiger partial charge in [0.1, 0.15) is 0 Å². The van der Waals surface area contributed by atoms with Crippen molar-refractivity contribution in [2.45, 2.75) is 37.5 Å². The molecule has 0 aromatic heterocycles. The molecule has 150 valence electrons. The van der Waals surface area contributed by atoms with Crippen molar-refractivity contribution in [1.29, 1.82) is 0 Å². The van der Waals surface area contributed by atoms with Crippen LogP contribution in [0.1, 0.15) is 41.6 Å². The van der Waals surface area contributed by atoms with E-state index in [-0.39, 0.29) is 10.8 Å². The largest absolute Gasteiger partial charge is 0.385 e. The van der Waals surface area contributed by atoms with Crippen LogP contribution in [0.3, 0.4) is 0 Å². The first-order valence-electron chi connectivity index (χ1n) is 9.58. The molecule has 0 spiro atoms. The number of carbonyl (C=O) groups is 1. The zero-order valence-electron chi connectivity index (χ0n) is 16.3. The number of rotatable bonds is 7. The summed E-state index contributed by atoms with van der Waals surface area (Å²) >= 11 is 0. The second-order valence-corrected chi connectivity index (χ2v) is 9.13. The molecule has 1 fully saturated rings. The Balaban J connectivity index is 1.66. The van der Waals surface area contributed by atoms with Crippen molar-refractivity contribution in [2.75, 3.05) is 24.2 Å². The SMILES string of the molecule is CNS(=O)(=O)c1ccc(C)c(C(=O)Nc2ccc(NCC3CCCC3)cc2)c1. The molecular formula is C21H27N3O3S. The topological polar surface area (TPSA) is 87.3 Å². The number of anilines is 2. The van der Waals surface area contributed by atoms with Gasteiger partial charge in [0.15, 0.2) is 0 Å². The highest BCUT2D eigenvalue weighted by atomic mass is 32.2. The van der Waals surface area contributed by atoms with E-state index in [0.29, 0.717) is 16.8 Å². The van der Waals surface area contributed by atoms with Crippen LogP contribution in [0.15, 0.2) is 47.4 Å². The van der Waals surface area contributed by atoms with E-state index >= 15 is 0 Å². The Bertz CT molecular complexity index is 934. The quantitative estimate of drug-likeness (QED) is 0.659. The molecule has 0 heterocycles. The minimum absolute atomic E-state index is 0.0669. The van der Waals surface area contributed by atoms with Crippen molar-refractivity contribution in [1.82, 2.24) is 4.72 Å². The molecule has 1 saturated carbocycles. The van der Waals surface area contributed by atoms with Gasteiger partial charge in [-0.1, -0.05) is 18.9 Å². The second kappa shape index (κ2) is 8.75. The third-order valence-corrected chi connectivity index (χ3v) is 6.66. The first-order chi connectivity index (χ1) is 13.4. The molecule has 0 saturated heterocycles. The Morgan fingerprint density at radius 1 is 1.04 bits per heavy atom. The van der Waals surface area contributed by atoms with Crippen molar-refractivity contribution in [3.63, 3.8) is 0 Å². The molecule has 6 nitrogen and oxygen atoms in total. The molecule has 1 aliphatic rings. The molecule has 2 aromatic carbocycles. The number of carbonyl (C=O) groups excluding carboxylic acids is 1. The number of hydrogen-bond acceptors (Lipinski definition) is 4. The molecule has 0 bridgehead atoms. The molecule has 3 N–H and O–H groups in total. The van der Waals surface area contributed by atoms with Gasteiger partial charge in [-0.15, -0.1) is 0 Å². The Morgan fingerprint density at radius 3 is 2.32 bits per heavy atom.